The molecule has 0 amide bonds. The van der Waals surface area contributed by atoms with Gasteiger partial charge in [0.2, 0.25) is 0 Å². The first-order valence-corrected chi connectivity index (χ1v) is 7.42. The molecule has 0 radical (unpaired) electrons. The molecule has 6 nitrogen and oxygen atoms in total. The van der Waals surface area contributed by atoms with Gasteiger partial charge in [0.15, 0.2) is 11.5 Å². The van der Waals surface area contributed by atoms with Crippen molar-refractivity contribution in [1.82, 2.24) is 0 Å². The molecule has 2 rings (SSSR count). The van der Waals surface area contributed by atoms with Crippen LogP contribution in [0.5, 0.6) is 0 Å². The molecule has 0 atom stereocenters. The van der Waals surface area contributed by atoms with E-state index in [9.17, 15) is 23.2 Å². The summed E-state index contributed by atoms with van der Waals surface area (Å²) in [6.07, 6.45) is -0.765. The van der Waals surface area contributed by atoms with Crippen LogP contribution in [0.4, 0.5) is 18.9 Å². The summed E-state index contributed by atoms with van der Waals surface area (Å²) in [5.41, 5.74) is -1.70. The van der Waals surface area contributed by atoms with Gasteiger partial charge in [0, 0.05) is 24.6 Å². The van der Waals surface area contributed by atoms with Crippen molar-refractivity contribution in [3.63, 3.8) is 0 Å². The van der Waals surface area contributed by atoms with Crippen molar-refractivity contribution in [3.05, 3.63) is 63.9 Å². The van der Waals surface area contributed by atoms with E-state index < -0.39 is 41.9 Å². The van der Waals surface area contributed by atoms with Gasteiger partial charge in [0.05, 0.1) is 30.3 Å². The molecule has 0 aliphatic rings. The number of nitriles is 1. The fourth-order valence-electron chi connectivity index (χ4n) is 2.36. The number of hydrogen-bond donors (Lipinski definition) is 2. The van der Waals surface area contributed by atoms with Gasteiger partial charge in [0.1, 0.15) is 0 Å². The van der Waals surface area contributed by atoms with E-state index in [0.717, 1.165) is 18.2 Å². The number of carbonyl (C=O) groups is 1. The molecule has 2 N–H and O–H groups in total. The van der Waals surface area contributed by atoms with Gasteiger partial charge in [-0.2, -0.15) is 18.8 Å². The number of aryl methyl sites for hydroxylation is 1. The molecule has 0 unspecified atom stereocenters. The van der Waals surface area contributed by atoms with E-state index >= 15 is 0 Å². The second-order valence-electron chi connectivity index (χ2n) is 5.54. The Morgan fingerprint density at radius 2 is 2.08 bits per heavy atom. The average Bonchev–Trinajstić information content (AvgIpc) is 2.57. The maximum absolute atomic E-state index is 14.4. The maximum Gasteiger partial charge on any atom is 0.347 e. The lowest BCUT2D eigenvalue weighted by atomic mass is 10.0. The molecule has 26 heavy (non-hydrogen) atoms. The van der Waals surface area contributed by atoms with Crippen LogP contribution in [0, 0.1) is 29.3 Å². The molecule has 1 aromatic heterocycles. The lowest BCUT2D eigenvalue weighted by molar-refractivity contribution is -0.630. The molecule has 136 valence electrons. The van der Waals surface area contributed by atoms with Gasteiger partial charge in [-0.05, 0) is 18.2 Å². The minimum Gasteiger partial charge on any atom is -0.618 e. The molecular formula is C17H14F3N3O3. The monoisotopic (exact) mass is 365 g/mol. The lowest BCUT2D eigenvalue weighted by Gasteiger charge is -2.18. The molecule has 1 heterocycles. The summed E-state index contributed by atoms with van der Waals surface area (Å²) < 4.78 is 43.1. The van der Waals surface area contributed by atoms with Crippen molar-refractivity contribution in [1.29, 1.82) is 5.26 Å². The van der Waals surface area contributed by atoms with E-state index in [-0.39, 0.29) is 21.7 Å². The maximum atomic E-state index is 14.4. The molecule has 2 aromatic rings. The first-order chi connectivity index (χ1) is 12.2. The van der Waals surface area contributed by atoms with Crippen LogP contribution in [0.1, 0.15) is 22.5 Å². The van der Waals surface area contributed by atoms with E-state index in [1.807, 2.05) is 0 Å². The molecule has 0 bridgehead atoms. The molecule has 1 aromatic carbocycles. The Balaban J connectivity index is 2.30. The number of carboxylic acid groups (broad SMARTS) is 1. The Labute approximate surface area is 146 Å². The Morgan fingerprint density at radius 1 is 1.38 bits per heavy atom. The van der Waals surface area contributed by atoms with Gasteiger partial charge in [0.25, 0.3) is 5.69 Å². The Bertz CT molecular complexity index is 895. The number of nitrogens with zero attached hydrogens (tertiary/aromatic N) is 2. The average molecular weight is 365 g/mol. The van der Waals surface area contributed by atoms with Gasteiger partial charge in [-0.1, -0.05) is 0 Å². The third-order valence-corrected chi connectivity index (χ3v) is 3.70. The van der Waals surface area contributed by atoms with Crippen molar-refractivity contribution in [3.8, 4) is 6.07 Å². The fourth-order valence-corrected chi connectivity index (χ4v) is 2.36. The van der Waals surface area contributed by atoms with E-state index in [0.29, 0.717) is 0 Å². The second-order valence-corrected chi connectivity index (χ2v) is 5.54. The SMILES string of the molecule is Cc1cccc(C(F)(F)CNc2ccc(C#N)c(CC(=O)O)c2F)[n+]1[O-]. The molecule has 0 fully saturated rings. The third-order valence-electron chi connectivity index (χ3n) is 3.70. The number of hydrogen-bond acceptors (Lipinski definition) is 4. The summed E-state index contributed by atoms with van der Waals surface area (Å²) in [5, 5.41) is 31.7. The number of benzene rings is 1. The zero-order valence-electron chi connectivity index (χ0n) is 13.6. The first kappa shape index (κ1) is 19.1. The van der Waals surface area contributed by atoms with E-state index in [2.05, 4.69) is 5.32 Å². The summed E-state index contributed by atoms with van der Waals surface area (Å²) >= 11 is 0. The summed E-state index contributed by atoms with van der Waals surface area (Å²) in [5.74, 6) is -6.07. The highest BCUT2D eigenvalue weighted by atomic mass is 19.3. The Hall–Kier alpha value is -3.28. The number of anilines is 1. The topological polar surface area (TPSA) is 100 Å². The number of aliphatic carboxylic acids is 1. The first-order valence-electron chi connectivity index (χ1n) is 7.42. The summed E-state index contributed by atoms with van der Waals surface area (Å²) in [4.78, 5) is 10.8. The summed E-state index contributed by atoms with van der Waals surface area (Å²) in [6, 6.07) is 7.51. The van der Waals surface area contributed by atoms with Crippen LogP contribution in [0.2, 0.25) is 0 Å². The predicted octanol–water partition coefficient (Wildman–Crippen LogP) is 2.47. The number of pyridine rings is 1. The van der Waals surface area contributed by atoms with Crippen LogP contribution in [0.15, 0.2) is 30.3 Å². The quantitative estimate of drug-likeness (QED) is 0.605. The highest BCUT2D eigenvalue weighted by Crippen LogP contribution is 2.28. The van der Waals surface area contributed by atoms with Crippen LogP contribution in [-0.2, 0) is 17.1 Å². The van der Waals surface area contributed by atoms with Crippen LogP contribution in [-0.4, -0.2) is 17.6 Å². The largest absolute Gasteiger partial charge is 0.618 e. The Morgan fingerprint density at radius 3 is 2.69 bits per heavy atom. The van der Waals surface area contributed by atoms with Gasteiger partial charge in [-0.15, -0.1) is 0 Å². The molecule has 0 saturated carbocycles. The smallest absolute Gasteiger partial charge is 0.347 e. The molecule has 0 aliphatic carbocycles. The number of alkyl halides is 2. The van der Waals surface area contributed by atoms with Gasteiger partial charge < -0.3 is 15.6 Å². The molecule has 0 aliphatic heterocycles. The van der Waals surface area contributed by atoms with Crippen molar-refractivity contribution in [2.75, 3.05) is 11.9 Å². The van der Waals surface area contributed by atoms with E-state index in [4.69, 9.17) is 10.4 Å². The fraction of sp³-hybridized carbons (Fsp3) is 0.235. The van der Waals surface area contributed by atoms with Gasteiger partial charge in [-0.3, -0.25) is 4.79 Å². The number of nitrogens with one attached hydrogen (secondary N) is 1. The van der Waals surface area contributed by atoms with E-state index in [1.54, 1.807) is 6.07 Å². The number of halogens is 3. The number of rotatable bonds is 6. The van der Waals surface area contributed by atoms with E-state index in [1.165, 1.54) is 19.1 Å². The minimum atomic E-state index is -3.61. The number of aromatic nitrogens is 1. The van der Waals surface area contributed by atoms with Gasteiger partial charge >= 0.3 is 11.9 Å². The zero-order chi connectivity index (χ0) is 19.5. The highest BCUT2D eigenvalue weighted by Gasteiger charge is 2.40. The zero-order valence-corrected chi connectivity index (χ0v) is 13.6. The predicted molar refractivity (Wildman–Crippen MR) is 85.0 cm³/mol. The Kier molecular flexibility index (Phi) is 5.35. The molecule has 0 saturated heterocycles. The third kappa shape index (κ3) is 3.85. The van der Waals surface area contributed by atoms with Crippen molar-refractivity contribution in [2.24, 2.45) is 0 Å². The van der Waals surface area contributed by atoms with Crippen LogP contribution in [0.25, 0.3) is 0 Å². The summed E-state index contributed by atoms with van der Waals surface area (Å²) in [7, 11) is 0. The van der Waals surface area contributed by atoms with Crippen molar-refractivity contribution < 1.29 is 27.8 Å². The van der Waals surface area contributed by atoms with Crippen LogP contribution >= 0.6 is 0 Å². The van der Waals surface area contributed by atoms with Crippen LogP contribution in [0.3, 0.4) is 0 Å². The van der Waals surface area contributed by atoms with Crippen molar-refractivity contribution in [2.45, 2.75) is 19.3 Å². The highest BCUT2D eigenvalue weighted by molar-refractivity contribution is 5.72. The normalized spacial score (nSPS) is 11.0. The minimum absolute atomic E-state index is 0.0791. The van der Waals surface area contributed by atoms with Gasteiger partial charge in [-0.25, -0.2) is 4.39 Å². The lowest BCUT2D eigenvalue weighted by Crippen LogP contribution is -2.43. The molecular weight excluding hydrogens is 351 g/mol. The standard InChI is InChI=1S/C17H14F3N3O3/c1-10-3-2-4-14(23(10)26)17(19,20)9-22-13-6-5-11(8-21)12(16(13)18)7-15(24)25/h2-6,22H,7,9H2,1H3,(H,24,25). The number of carboxylic acids is 1. The van der Waals surface area contributed by atoms with Crippen molar-refractivity contribution >= 4 is 11.7 Å². The summed E-state index contributed by atoms with van der Waals surface area (Å²) in [6.45, 7) is 0.284. The van der Waals surface area contributed by atoms with Crippen LogP contribution < -0.4 is 10.0 Å². The second kappa shape index (κ2) is 7.31. The molecule has 9 heteroatoms. The molecule has 0 spiro atoms.